The molecule has 4 aliphatic rings. The number of rotatable bonds is 2. The Kier molecular flexibility index (Phi) is 2.44. The first kappa shape index (κ1) is 13.8. The van der Waals surface area contributed by atoms with Crippen LogP contribution in [0.5, 0.6) is 23.0 Å². The topological polar surface area (TPSA) is 39.9 Å². The van der Waals surface area contributed by atoms with Crippen molar-refractivity contribution in [2.75, 3.05) is 27.6 Å². The molecule has 1 saturated heterocycles. The Hall–Kier alpha value is -2.40. The van der Waals surface area contributed by atoms with E-state index in [2.05, 4.69) is 29.2 Å². The van der Waals surface area contributed by atoms with Crippen molar-refractivity contribution in [1.29, 1.82) is 0 Å². The molecule has 3 atom stereocenters. The van der Waals surface area contributed by atoms with E-state index in [0.717, 1.165) is 42.4 Å². The molecule has 4 aliphatic heterocycles. The van der Waals surface area contributed by atoms with E-state index in [-0.39, 0.29) is 5.54 Å². The van der Waals surface area contributed by atoms with Gasteiger partial charge in [-0.3, -0.25) is 4.90 Å². The predicted octanol–water partition coefficient (Wildman–Crippen LogP) is 2.80. The standard InChI is InChI=1S/C20H19NO4/c1-22-16-5-12-8-20-9-21(20)15(13(12)6-17(16)23-2)3-11-4-18-19(7-14(11)20)25-10-24-18/h4-7,15H,3,8-10H2,1-2H3/t15-,20-,21?/m0/s1. The quantitative estimate of drug-likeness (QED) is 0.788. The zero-order chi connectivity index (χ0) is 16.8. The van der Waals surface area contributed by atoms with Crippen LogP contribution >= 0.6 is 0 Å². The fourth-order valence-corrected chi connectivity index (χ4v) is 5.05. The summed E-state index contributed by atoms with van der Waals surface area (Å²) in [5.74, 6) is 3.40. The van der Waals surface area contributed by atoms with E-state index in [4.69, 9.17) is 18.9 Å². The van der Waals surface area contributed by atoms with Crippen LogP contribution < -0.4 is 18.9 Å². The average molecular weight is 337 g/mol. The van der Waals surface area contributed by atoms with Gasteiger partial charge in [-0.25, -0.2) is 0 Å². The molecule has 4 heterocycles. The highest BCUT2D eigenvalue weighted by atomic mass is 16.7. The molecule has 128 valence electrons. The third kappa shape index (κ3) is 1.62. The van der Waals surface area contributed by atoms with Crippen LogP contribution in [0.4, 0.5) is 0 Å². The molecule has 2 bridgehead atoms. The van der Waals surface area contributed by atoms with Gasteiger partial charge in [0.25, 0.3) is 0 Å². The SMILES string of the molecule is COc1cc2c(cc1OC)[C@@H]1Cc3cc4c(cc3[C@]3(C2)CN13)OCO4. The Labute approximate surface area is 146 Å². The van der Waals surface area contributed by atoms with Gasteiger partial charge in [-0.2, -0.15) is 0 Å². The molecule has 1 fully saturated rings. The molecule has 2 aromatic rings. The van der Waals surface area contributed by atoms with Gasteiger partial charge in [0.15, 0.2) is 23.0 Å². The lowest BCUT2D eigenvalue weighted by molar-refractivity contribution is 0.174. The Morgan fingerprint density at radius 1 is 1.00 bits per heavy atom. The van der Waals surface area contributed by atoms with Crippen LogP contribution in [0.3, 0.4) is 0 Å². The number of hydrogen-bond donors (Lipinski definition) is 0. The Balaban J connectivity index is 1.52. The van der Waals surface area contributed by atoms with E-state index in [1.807, 2.05) is 0 Å². The number of hydrogen-bond acceptors (Lipinski definition) is 5. The minimum Gasteiger partial charge on any atom is -0.493 e. The summed E-state index contributed by atoms with van der Waals surface area (Å²) in [5, 5.41) is 0. The van der Waals surface area contributed by atoms with Gasteiger partial charge in [0, 0.05) is 12.6 Å². The van der Waals surface area contributed by atoms with Gasteiger partial charge in [0.2, 0.25) is 6.79 Å². The summed E-state index contributed by atoms with van der Waals surface area (Å²) < 4.78 is 22.3. The molecular weight excluding hydrogens is 318 g/mol. The van der Waals surface area contributed by atoms with Crippen molar-refractivity contribution in [2.24, 2.45) is 0 Å². The van der Waals surface area contributed by atoms with E-state index in [9.17, 15) is 0 Å². The molecule has 0 aromatic heterocycles. The summed E-state index contributed by atoms with van der Waals surface area (Å²) >= 11 is 0. The van der Waals surface area contributed by atoms with Crippen molar-refractivity contribution in [2.45, 2.75) is 24.4 Å². The summed E-state index contributed by atoms with van der Waals surface area (Å²) in [7, 11) is 3.40. The zero-order valence-corrected chi connectivity index (χ0v) is 14.3. The third-order valence-corrected chi connectivity index (χ3v) is 6.25. The van der Waals surface area contributed by atoms with Crippen LogP contribution in [0.25, 0.3) is 0 Å². The molecule has 0 saturated carbocycles. The van der Waals surface area contributed by atoms with Crippen molar-refractivity contribution in [1.82, 2.24) is 4.90 Å². The zero-order valence-electron chi connectivity index (χ0n) is 14.3. The third-order valence-electron chi connectivity index (χ3n) is 6.25. The van der Waals surface area contributed by atoms with Gasteiger partial charge in [0.1, 0.15) is 0 Å². The molecule has 5 heteroatoms. The number of nitrogens with zero attached hydrogens (tertiary/aromatic N) is 1. The molecule has 6 rings (SSSR count). The number of fused-ring (bicyclic) bond motifs is 4. The lowest BCUT2D eigenvalue weighted by Crippen LogP contribution is -2.35. The maximum absolute atomic E-state index is 5.62. The second-order valence-electron chi connectivity index (χ2n) is 7.32. The Morgan fingerprint density at radius 3 is 2.56 bits per heavy atom. The first-order valence-corrected chi connectivity index (χ1v) is 8.68. The summed E-state index contributed by atoms with van der Waals surface area (Å²) in [6.07, 6.45) is 2.00. The van der Waals surface area contributed by atoms with Gasteiger partial charge in [-0.1, -0.05) is 0 Å². The van der Waals surface area contributed by atoms with Crippen LogP contribution in [0.2, 0.25) is 0 Å². The van der Waals surface area contributed by atoms with E-state index < -0.39 is 0 Å². The molecular formula is C20H19NO4. The van der Waals surface area contributed by atoms with Crippen molar-refractivity contribution in [3.8, 4) is 23.0 Å². The summed E-state index contributed by atoms with van der Waals surface area (Å²) in [6, 6.07) is 9.12. The van der Waals surface area contributed by atoms with Crippen LogP contribution in [0.1, 0.15) is 28.3 Å². The smallest absolute Gasteiger partial charge is 0.231 e. The maximum atomic E-state index is 5.62. The van der Waals surface area contributed by atoms with E-state index in [1.165, 1.54) is 22.3 Å². The molecule has 1 unspecified atom stereocenters. The van der Waals surface area contributed by atoms with E-state index in [1.54, 1.807) is 14.2 Å². The molecule has 25 heavy (non-hydrogen) atoms. The molecule has 5 nitrogen and oxygen atoms in total. The largest absolute Gasteiger partial charge is 0.493 e. The average Bonchev–Trinajstić information content (AvgIpc) is 3.22. The van der Waals surface area contributed by atoms with Crippen LogP contribution in [0, 0.1) is 0 Å². The Bertz CT molecular complexity index is 924. The Morgan fingerprint density at radius 2 is 1.76 bits per heavy atom. The van der Waals surface area contributed by atoms with Gasteiger partial charge < -0.3 is 18.9 Å². The van der Waals surface area contributed by atoms with Crippen molar-refractivity contribution in [3.05, 3.63) is 46.5 Å². The van der Waals surface area contributed by atoms with Gasteiger partial charge in [0.05, 0.1) is 19.8 Å². The van der Waals surface area contributed by atoms with Crippen LogP contribution in [0.15, 0.2) is 24.3 Å². The molecule has 0 aliphatic carbocycles. The van der Waals surface area contributed by atoms with Crippen molar-refractivity contribution >= 4 is 0 Å². The molecule has 0 spiro atoms. The lowest BCUT2D eigenvalue weighted by Gasteiger charge is -2.38. The summed E-state index contributed by atoms with van der Waals surface area (Å²) in [4.78, 5) is 2.62. The van der Waals surface area contributed by atoms with Crippen molar-refractivity contribution in [3.63, 3.8) is 0 Å². The monoisotopic (exact) mass is 337 g/mol. The first-order chi connectivity index (χ1) is 12.2. The second kappa shape index (κ2) is 4.41. The van der Waals surface area contributed by atoms with Gasteiger partial charge in [-0.15, -0.1) is 0 Å². The van der Waals surface area contributed by atoms with E-state index >= 15 is 0 Å². The maximum Gasteiger partial charge on any atom is 0.231 e. The highest BCUT2D eigenvalue weighted by molar-refractivity contribution is 5.60. The molecule has 0 amide bonds. The predicted molar refractivity (Wildman–Crippen MR) is 90.6 cm³/mol. The molecule has 2 aromatic carbocycles. The lowest BCUT2D eigenvalue weighted by atomic mass is 9.76. The minimum absolute atomic E-state index is 0.117. The van der Waals surface area contributed by atoms with Crippen molar-refractivity contribution < 1.29 is 18.9 Å². The van der Waals surface area contributed by atoms with Crippen LogP contribution in [-0.2, 0) is 18.4 Å². The fourth-order valence-electron chi connectivity index (χ4n) is 5.05. The summed E-state index contributed by atoms with van der Waals surface area (Å²) in [6.45, 7) is 1.43. The summed E-state index contributed by atoms with van der Waals surface area (Å²) in [5.41, 5.74) is 5.66. The van der Waals surface area contributed by atoms with Gasteiger partial charge in [-0.05, 0) is 59.4 Å². The number of ether oxygens (including phenoxy) is 4. The van der Waals surface area contributed by atoms with E-state index in [0.29, 0.717) is 12.8 Å². The molecule has 0 radical (unpaired) electrons. The second-order valence-corrected chi connectivity index (χ2v) is 7.32. The fraction of sp³-hybridized carbons (Fsp3) is 0.400. The highest BCUT2D eigenvalue weighted by Gasteiger charge is 2.62. The number of methoxy groups -OCH3 is 2. The normalized spacial score (nSPS) is 29.4. The molecule has 0 N–H and O–H groups in total. The van der Waals surface area contributed by atoms with Crippen LogP contribution in [-0.4, -0.2) is 32.5 Å². The van der Waals surface area contributed by atoms with Gasteiger partial charge >= 0.3 is 0 Å². The first-order valence-electron chi connectivity index (χ1n) is 8.68. The minimum atomic E-state index is 0.117. The number of benzene rings is 2. The highest BCUT2D eigenvalue weighted by Crippen LogP contribution is 2.62.